The van der Waals surface area contributed by atoms with Crippen molar-refractivity contribution in [1.82, 2.24) is 0 Å². The molecule has 1 heterocycles. The van der Waals surface area contributed by atoms with E-state index < -0.39 is 5.97 Å². The summed E-state index contributed by atoms with van der Waals surface area (Å²) in [7, 11) is 1.24. The van der Waals surface area contributed by atoms with Gasteiger partial charge in [-0.15, -0.1) is 0 Å². The molecule has 6 heteroatoms. The van der Waals surface area contributed by atoms with Crippen molar-refractivity contribution in [2.45, 2.75) is 51.2 Å². The van der Waals surface area contributed by atoms with Crippen LogP contribution in [0, 0.1) is 0 Å². The standard InChI is InChI=1S/C17H22O6/c1-10-4-3-5-13(23-10)9-15(20)17-11(7-16(21)22-2)6-12(18)8-14(17)19/h6,8,10,13,18-19H,3-5,7,9H2,1-2H3. The number of ether oxygens (including phenoxy) is 2. The van der Waals surface area contributed by atoms with Crippen LogP contribution in [-0.4, -0.2) is 41.3 Å². The summed E-state index contributed by atoms with van der Waals surface area (Å²) in [6, 6.07) is 2.40. The van der Waals surface area contributed by atoms with Gasteiger partial charge in [-0.05, 0) is 37.8 Å². The molecule has 1 aromatic rings. The molecule has 1 aromatic carbocycles. The molecule has 0 saturated carbocycles. The van der Waals surface area contributed by atoms with Crippen molar-refractivity contribution in [1.29, 1.82) is 0 Å². The minimum Gasteiger partial charge on any atom is -0.508 e. The molecule has 0 spiro atoms. The Labute approximate surface area is 135 Å². The molecule has 0 bridgehead atoms. The third kappa shape index (κ3) is 4.45. The summed E-state index contributed by atoms with van der Waals surface area (Å²) >= 11 is 0. The second kappa shape index (κ2) is 7.46. The van der Waals surface area contributed by atoms with Gasteiger partial charge in [0.25, 0.3) is 0 Å². The summed E-state index contributed by atoms with van der Waals surface area (Å²) in [6.07, 6.45) is 2.63. The van der Waals surface area contributed by atoms with E-state index in [1.807, 2.05) is 6.92 Å². The number of aromatic hydroxyl groups is 2. The predicted octanol–water partition coefficient (Wildman–Crippen LogP) is 2.34. The molecule has 0 aromatic heterocycles. The maximum Gasteiger partial charge on any atom is 0.310 e. The Kier molecular flexibility index (Phi) is 5.60. The molecule has 0 aliphatic carbocycles. The molecule has 6 nitrogen and oxygen atoms in total. The molecular formula is C17H22O6. The molecule has 1 aliphatic heterocycles. The molecule has 0 amide bonds. The molecule has 1 saturated heterocycles. The number of rotatable bonds is 5. The van der Waals surface area contributed by atoms with Crippen molar-refractivity contribution in [3.63, 3.8) is 0 Å². The molecule has 2 rings (SSSR count). The average Bonchev–Trinajstić information content (AvgIpc) is 2.46. The van der Waals surface area contributed by atoms with Gasteiger partial charge in [0.1, 0.15) is 11.5 Å². The van der Waals surface area contributed by atoms with Gasteiger partial charge < -0.3 is 19.7 Å². The van der Waals surface area contributed by atoms with E-state index in [0.29, 0.717) is 0 Å². The first-order chi connectivity index (χ1) is 10.9. The quantitative estimate of drug-likeness (QED) is 0.638. The molecule has 23 heavy (non-hydrogen) atoms. The molecular weight excluding hydrogens is 300 g/mol. The minimum atomic E-state index is -0.549. The number of phenolic OH excluding ortho intramolecular Hbond substituents is 2. The Morgan fingerprint density at radius 2 is 2.04 bits per heavy atom. The van der Waals surface area contributed by atoms with Gasteiger partial charge in [0.15, 0.2) is 5.78 Å². The largest absolute Gasteiger partial charge is 0.508 e. The van der Waals surface area contributed by atoms with Crippen molar-refractivity contribution in [2.75, 3.05) is 7.11 Å². The third-order valence-corrected chi connectivity index (χ3v) is 4.00. The van der Waals surface area contributed by atoms with Gasteiger partial charge in [-0.25, -0.2) is 0 Å². The molecule has 2 N–H and O–H groups in total. The SMILES string of the molecule is COC(=O)Cc1cc(O)cc(O)c1C(=O)CC1CCCC(C)O1. The first-order valence-electron chi connectivity index (χ1n) is 7.71. The van der Waals surface area contributed by atoms with Gasteiger partial charge in [-0.3, -0.25) is 9.59 Å². The highest BCUT2D eigenvalue weighted by atomic mass is 16.5. The van der Waals surface area contributed by atoms with E-state index in [-0.39, 0.29) is 53.5 Å². The average molecular weight is 322 g/mol. The second-order valence-corrected chi connectivity index (χ2v) is 5.88. The van der Waals surface area contributed by atoms with Gasteiger partial charge in [-0.2, -0.15) is 0 Å². The van der Waals surface area contributed by atoms with Gasteiger partial charge in [0, 0.05) is 12.5 Å². The molecule has 0 radical (unpaired) electrons. The molecule has 126 valence electrons. The van der Waals surface area contributed by atoms with Gasteiger partial charge in [0.2, 0.25) is 0 Å². The first-order valence-corrected chi connectivity index (χ1v) is 7.71. The molecule has 2 atom stereocenters. The predicted molar refractivity (Wildman–Crippen MR) is 82.6 cm³/mol. The van der Waals surface area contributed by atoms with Crippen molar-refractivity contribution < 1.29 is 29.3 Å². The van der Waals surface area contributed by atoms with Crippen LogP contribution in [0.5, 0.6) is 11.5 Å². The van der Waals surface area contributed by atoms with E-state index >= 15 is 0 Å². The second-order valence-electron chi connectivity index (χ2n) is 5.88. The Bertz CT molecular complexity index is 595. The number of hydrogen-bond acceptors (Lipinski definition) is 6. The van der Waals surface area contributed by atoms with Crippen LogP contribution >= 0.6 is 0 Å². The number of benzene rings is 1. The van der Waals surface area contributed by atoms with Crippen LogP contribution in [0.3, 0.4) is 0 Å². The van der Waals surface area contributed by atoms with Crippen LogP contribution < -0.4 is 0 Å². The van der Waals surface area contributed by atoms with Crippen LogP contribution in [0.2, 0.25) is 0 Å². The van der Waals surface area contributed by atoms with Crippen molar-refractivity contribution >= 4 is 11.8 Å². The number of carbonyl (C=O) groups is 2. The Morgan fingerprint density at radius 1 is 1.30 bits per heavy atom. The summed E-state index contributed by atoms with van der Waals surface area (Å²) in [5, 5.41) is 19.6. The van der Waals surface area contributed by atoms with Crippen LogP contribution in [0.25, 0.3) is 0 Å². The fraction of sp³-hybridized carbons (Fsp3) is 0.529. The van der Waals surface area contributed by atoms with E-state index in [1.165, 1.54) is 13.2 Å². The zero-order valence-corrected chi connectivity index (χ0v) is 13.4. The number of ketones is 1. The lowest BCUT2D eigenvalue weighted by Crippen LogP contribution is -2.28. The maximum atomic E-state index is 12.6. The number of esters is 1. The van der Waals surface area contributed by atoms with Gasteiger partial charge in [0.05, 0.1) is 31.3 Å². The summed E-state index contributed by atoms with van der Waals surface area (Å²) in [4.78, 5) is 24.1. The zero-order chi connectivity index (χ0) is 17.0. The van der Waals surface area contributed by atoms with Crippen LogP contribution in [0.4, 0.5) is 0 Å². The lowest BCUT2D eigenvalue weighted by Gasteiger charge is -2.27. The summed E-state index contributed by atoms with van der Waals surface area (Å²) < 4.78 is 10.3. The smallest absolute Gasteiger partial charge is 0.310 e. The van der Waals surface area contributed by atoms with Crippen molar-refractivity contribution in [3.8, 4) is 11.5 Å². The van der Waals surface area contributed by atoms with E-state index in [9.17, 15) is 19.8 Å². The highest BCUT2D eigenvalue weighted by Crippen LogP contribution is 2.31. The molecule has 2 unspecified atom stereocenters. The Hall–Kier alpha value is -2.08. The van der Waals surface area contributed by atoms with Gasteiger partial charge in [-0.1, -0.05) is 0 Å². The number of Topliss-reactive ketones (excluding diaryl/α,β-unsaturated/α-hetero) is 1. The lowest BCUT2D eigenvalue weighted by atomic mass is 9.93. The van der Waals surface area contributed by atoms with Crippen LogP contribution in [0.15, 0.2) is 12.1 Å². The fourth-order valence-electron chi connectivity index (χ4n) is 2.91. The summed E-state index contributed by atoms with van der Waals surface area (Å²) in [5.74, 6) is -1.40. The minimum absolute atomic E-state index is 0.0510. The lowest BCUT2D eigenvalue weighted by molar-refractivity contribution is -0.139. The maximum absolute atomic E-state index is 12.6. The molecule has 1 aliphatic rings. The highest BCUT2D eigenvalue weighted by Gasteiger charge is 2.26. The Balaban J connectivity index is 2.22. The third-order valence-electron chi connectivity index (χ3n) is 4.00. The first kappa shape index (κ1) is 17.3. The monoisotopic (exact) mass is 322 g/mol. The summed E-state index contributed by atoms with van der Waals surface area (Å²) in [5.41, 5.74) is 0.304. The zero-order valence-electron chi connectivity index (χ0n) is 13.4. The number of methoxy groups -OCH3 is 1. The van der Waals surface area contributed by atoms with E-state index in [2.05, 4.69) is 4.74 Å². The van der Waals surface area contributed by atoms with Crippen LogP contribution in [-0.2, 0) is 20.7 Å². The number of hydrogen-bond donors (Lipinski definition) is 2. The highest BCUT2D eigenvalue weighted by molar-refractivity contribution is 6.01. The number of phenols is 2. The Morgan fingerprint density at radius 3 is 2.70 bits per heavy atom. The van der Waals surface area contributed by atoms with Gasteiger partial charge >= 0.3 is 5.97 Å². The van der Waals surface area contributed by atoms with Crippen molar-refractivity contribution in [2.24, 2.45) is 0 Å². The van der Waals surface area contributed by atoms with E-state index in [1.54, 1.807) is 0 Å². The summed E-state index contributed by atoms with van der Waals surface area (Å²) in [6.45, 7) is 1.97. The topological polar surface area (TPSA) is 93.1 Å². The van der Waals surface area contributed by atoms with E-state index in [0.717, 1.165) is 25.3 Å². The van der Waals surface area contributed by atoms with Crippen molar-refractivity contribution in [3.05, 3.63) is 23.3 Å². The normalized spacial score (nSPS) is 21.0. The van der Waals surface area contributed by atoms with E-state index in [4.69, 9.17) is 4.74 Å². The number of carbonyl (C=O) groups excluding carboxylic acids is 2. The fourth-order valence-corrected chi connectivity index (χ4v) is 2.91. The molecule has 1 fully saturated rings. The van der Waals surface area contributed by atoms with Crippen LogP contribution in [0.1, 0.15) is 48.5 Å².